The molecule has 0 unspecified atom stereocenters. The number of amides is 1. The number of pyridine rings is 1. The van der Waals surface area contributed by atoms with Crippen LogP contribution in [0.5, 0.6) is 0 Å². The molecule has 0 saturated heterocycles. The molecule has 0 aliphatic heterocycles. The van der Waals surface area contributed by atoms with Gasteiger partial charge in [-0.1, -0.05) is 5.16 Å². The number of carbonyl (C=O) groups excluding carboxylic acids is 1. The number of nitrogens with zero attached hydrogens (tertiary/aromatic N) is 2. The van der Waals surface area contributed by atoms with Crippen molar-refractivity contribution < 1.29 is 13.7 Å². The molecule has 0 radical (unpaired) electrons. The number of aromatic nitrogens is 2. The molecular weight excluding hydrogens is 258 g/mol. The highest BCUT2D eigenvalue weighted by Gasteiger charge is 2.13. The summed E-state index contributed by atoms with van der Waals surface area (Å²) >= 11 is 0. The lowest BCUT2D eigenvalue weighted by Crippen LogP contribution is -2.22. The summed E-state index contributed by atoms with van der Waals surface area (Å²) in [6.45, 7) is 0.379. The number of hydrogen-bond donors (Lipinski definition) is 1. The van der Waals surface area contributed by atoms with Crippen LogP contribution in [0.3, 0.4) is 0 Å². The molecule has 0 aliphatic carbocycles. The molecule has 1 N–H and O–H groups in total. The third kappa shape index (κ3) is 2.59. The molecule has 0 saturated carbocycles. The summed E-state index contributed by atoms with van der Waals surface area (Å²) in [6.07, 6.45) is 6.44. The molecule has 0 spiro atoms. The molecule has 3 aromatic heterocycles. The van der Waals surface area contributed by atoms with E-state index in [1.807, 2.05) is 6.07 Å². The van der Waals surface area contributed by atoms with Crippen LogP contribution in [-0.4, -0.2) is 16.0 Å². The monoisotopic (exact) mass is 269 g/mol. The van der Waals surface area contributed by atoms with Crippen molar-refractivity contribution in [3.63, 3.8) is 0 Å². The van der Waals surface area contributed by atoms with Crippen LogP contribution in [-0.2, 0) is 6.54 Å². The Kier molecular flexibility index (Phi) is 3.28. The fraction of sp³-hybridized carbons (Fsp3) is 0.0714. The molecule has 1 amide bonds. The van der Waals surface area contributed by atoms with Crippen molar-refractivity contribution in [2.75, 3.05) is 0 Å². The topological polar surface area (TPSA) is 81.2 Å². The fourth-order valence-corrected chi connectivity index (χ4v) is 1.69. The molecule has 0 atom stereocenters. The molecular formula is C14H11N3O3. The Bertz CT molecular complexity index is 690. The van der Waals surface area contributed by atoms with E-state index < -0.39 is 0 Å². The molecule has 0 aliphatic rings. The molecule has 0 bridgehead atoms. The van der Waals surface area contributed by atoms with Gasteiger partial charge in [0, 0.05) is 36.1 Å². The number of carbonyl (C=O) groups is 1. The number of furan rings is 1. The van der Waals surface area contributed by atoms with Crippen LogP contribution < -0.4 is 5.32 Å². The first-order chi connectivity index (χ1) is 9.83. The molecule has 0 aromatic carbocycles. The summed E-state index contributed by atoms with van der Waals surface area (Å²) in [5.74, 6) is 0.205. The van der Waals surface area contributed by atoms with Crippen molar-refractivity contribution in [1.29, 1.82) is 0 Å². The first-order valence-electron chi connectivity index (χ1n) is 5.99. The fourth-order valence-electron chi connectivity index (χ4n) is 1.69. The smallest absolute Gasteiger partial charge is 0.273 e. The first-order valence-corrected chi connectivity index (χ1v) is 5.99. The molecule has 20 heavy (non-hydrogen) atoms. The minimum absolute atomic E-state index is 0.229. The van der Waals surface area contributed by atoms with Gasteiger partial charge in [-0.3, -0.25) is 9.78 Å². The second-order valence-corrected chi connectivity index (χ2v) is 4.13. The van der Waals surface area contributed by atoms with Crippen molar-refractivity contribution in [2.45, 2.75) is 6.54 Å². The Morgan fingerprint density at radius 1 is 1.35 bits per heavy atom. The van der Waals surface area contributed by atoms with Crippen LogP contribution in [0.15, 0.2) is 58.1 Å². The highest BCUT2D eigenvalue weighted by atomic mass is 16.5. The van der Waals surface area contributed by atoms with Crippen LogP contribution >= 0.6 is 0 Å². The lowest BCUT2D eigenvalue weighted by Gasteiger charge is -1.98. The Labute approximate surface area is 114 Å². The lowest BCUT2D eigenvalue weighted by atomic mass is 10.2. The number of nitrogens with one attached hydrogen (secondary N) is 1. The van der Waals surface area contributed by atoms with E-state index in [2.05, 4.69) is 15.5 Å². The zero-order valence-corrected chi connectivity index (χ0v) is 10.4. The summed E-state index contributed by atoms with van der Waals surface area (Å²) in [7, 11) is 0. The van der Waals surface area contributed by atoms with Gasteiger partial charge in [0.2, 0.25) is 0 Å². The SMILES string of the molecule is O=C(NCc1ccoc1)c1cc(-c2cccnc2)on1. The van der Waals surface area contributed by atoms with E-state index >= 15 is 0 Å². The minimum Gasteiger partial charge on any atom is -0.472 e. The molecule has 3 rings (SSSR count). The molecule has 6 heteroatoms. The Morgan fingerprint density at radius 3 is 3.05 bits per heavy atom. The van der Waals surface area contributed by atoms with Crippen molar-refractivity contribution >= 4 is 5.91 Å². The summed E-state index contributed by atoms with van der Waals surface area (Å²) < 4.78 is 10.1. The van der Waals surface area contributed by atoms with Gasteiger partial charge in [0.1, 0.15) is 0 Å². The van der Waals surface area contributed by atoms with E-state index in [9.17, 15) is 4.79 Å². The van der Waals surface area contributed by atoms with Crippen molar-refractivity contribution in [3.8, 4) is 11.3 Å². The highest BCUT2D eigenvalue weighted by Crippen LogP contribution is 2.18. The lowest BCUT2D eigenvalue weighted by molar-refractivity contribution is 0.0942. The van der Waals surface area contributed by atoms with E-state index in [1.54, 1.807) is 43.1 Å². The van der Waals surface area contributed by atoms with Gasteiger partial charge < -0.3 is 14.3 Å². The van der Waals surface area contributed by atoms with Gasteiger partial charge >= 0.3 is 0 Å². The van der Waals surface area contributed by atoms with Gasteiger partial charge in [-0.15, -0.1) is 0 Å². The molecule has 3 aromatic rings. The quantitative estimate of drug-likeness (QED) is 0.785. The van der Waals surface area contributed by atoms with Gasteiger partial charge in [0.25, 0.3) is 5.91 Å². The molecule has 100 valence electrons. The first kappa shape index (κ1) is 12.2. The zero-order chi connectivity index (χ0) is 13.8. The summed E-state index contributed by atoms with van der Waals surface area (Å²) in [5, 5.41) is 6.48. The Morgan fingerprint density at radius 2 is 2.30 bits per heavy atom. The van der Waals surface area contributed by atoms with E-state index in [0.29, 0.717) is 12.3 Å². The Balaban J connectivity index is 1.69. The van der Waals surface area contributed by atoms with Gasteiger partial charge in [-0.2, -0.15) is 0 Å². The molecule has 3 heterocycles. The number of hydrogen-bond acceptors (Lipinski definition) is 5. The predicted octanol–water partition coefficient (Wildman–Crippen LogP) is 2.26. The average molecular weight is 269 g/mol. The molecule has 6 nitrogen and oxygen atoms in total. The van der Waals surface area contributed by atoms with Gasteiger partial charge in [0.15, 0.2) is 11.5 Å². The van der Waals surface area contributed by atoms with Crippen LogP contribution in [0.25, 0.3) is 11.3 Å². The van der Waals surface area contributed by atoms with Crippen molar-refractivity contribution in [2.24, 2.45) is 0 Å². The summed E-state index contributed by atoms with van der Waals surface area (Å²) in [5.41, 5.74) is 1.88. The van der Waals surface area contributed by atoms with Crippen molar-refractivity contribution in [3.05, 3.63) is 60.4 Å². The second-order valence-electron chi connectivity index (χ2n) is 4.13. The summed E-state index contributed by atoms with van der Waals surface area (Å²) in [6, 6.07) is 6.99. The standard InChI is InChI=1S/C14H11N3O3/c18-14(16-7-10-3-5-19-9-10)12-6-13(20-17-12)11-2-1-4-15-8-11/h1-6,8-9H,7H2,(H,16,18). The second kappa shape index (κ2) is 5.40. The maximum absolute atomic E-state index is 11.9. The Hall–Kier alpha value is -2.89. The van der Waals surface area contributed by atoms with E-state index in [4.69, 9.17) is 8.94 Å². The average Bonchev–Trinajstić information content (AvgIpc) is 3.17. The van der Waals surface area contributed by atoms with E-state index in [0.717, 1.165) is 11.1 Å². The largest absolute Gasteiger partial charge is 0.472 e. The van der Waals surface area contributed by atoms with Crippen LogP contribution in [0, 0.1) is 0 Å². The van der Waals surface area contributed by atoms with Crippen LogP contribution in [0.1, 0.15) is 16.1 Å². The van der Waals surface area contributed by atoms with Gasteiger partial charge in [0.05, 0.1) is 12.5 Å². The third-order valence-corrected chi connectivity index (χ3v) is 2.72. The van der Waals surface area contributed by atoms with Gasteiger partial charge in [-0.05, 0) is 18.2 Å². The number of rotatable bonds is 4. The summed E-state index contributed by atoms with van der Waals surface area (Å²) in [4.78, 5) is 15.9. The van der Waals surface area contributed by atoms with Gasteiger partial charge in [-0.25, -0.2) is 0 Å². The normalized spacial score (nSPS) is 10.4. The van der Waals surface area contributed by atoms with Crippen molar-refractivity contribution in [1.82, 2.24) is 15.5 Å². The maximum atomic E-state index is 11.9. The van der Waals surface area contributed by atoms with Crippen LogP contribution in [0.4, 0.5) is 0 Å². The predicted molar refractivity (Wildman–Crippen MR) is 69.6 cm³/mol. The maximum Gasteiger partial charge on any atom is 0.273 e. The van der Waals surface area contributed by atoms with Crippen LogP contribution in [0.2, 0.25) is 0 Å². The zero-order valence-electron chi connectivity index (χ0n) is 10.4. The van der Waals surface area contributed by atoms with E-state index in [-0.39, 0.29) is 11.6 Å². The van der Waals surface area contributed by atoms with E-state index in [1.165, 1.54) is 0 Å². The molecule has 0 fully saturated rings. The third-order valence-electron chi connectivity index (χ3n) is 2.72. The minimum atomic E-state index is -0.301. The highest BCUT2D eigenvalue weighted by molar-refractivity contribution is 5.92.